The molecule has 31 heavy (non-hydrogen) atoms. The molecule has 1 N–H and O–H groups in total. The van der Waals surface area contributed by atoms with Crippen LogP contribution in [0.25, 0.3) is 11.6 Å². The summed E-state index contributed by atoms with van der Waals surface area (Å²) >= 11 is 6.52. The first-order valence-electron chi connectivity index (χ1n) is 10.6. The van der Waals surface area contributed by atoms with Crippen molar-refractivity contribution in [3.8, 4) is 0 Å². The van der Waals surface area contributed by atoms with Gasteiger partial charge in [-0.3, -0.25) is 9.88 Å². The lowest BCUT2D eigenvalue weighted by atomic mass is 9.91. The van der Waals surface area contributed by atoms with Crippen molar-refractivity contribution in [3.63, 3.8) is 0 Å². The van der Waals surface area contributed by atoms with Gasteiger partial charge in [-0.2, -0.15) is 0 Å². The fourth-order valence-electron chi connectivity index (χ4n) is 4.74. The minimum absolute atomic E-state index is 0.0587. The van der Waals surface area contributed by atoms with E-state index in [2.05, 4.69) is 39.5 Å². The Kier molecular flexibility index (Phi) is 5.63. The summed E-state index contributed by atoms with van der Waals surface area (Å²) in [5.74, 6) is 0. The van der Waals surface area contributed by atoms with Crippen molar-refractivity contribution in [2.75, 3.05) is 33.3 Å². The van der Waals surface area contributed by atoms with E-state index in [1.54, 1.807) is 13.4 Å². The molecule has 0 spiro atoms. The molecule has 3 aromatic rings. The van der Waals surface area contributed by atoms with Crippen LogP contribution in [-0.2, 0) is 11.8 Å². The Balaban J connectivity index is 1.75. The normalized spacial score (nSPS) is 19.8. The summed E-state index contributed by atoms with van der Waals surface area (Å²) in [4.78, 5) is 11.7. The molecule has 1 saturated heterocycles. The molecule has 0 bridgehead atoms. The van der Waals surface area contributed by atoms with E-state index in [1.807, 2.05) is 36.1 Å². The minimum atomic E-state index is -0.278. The van der Waals surface area contributed by atoms with E-state index >= 15 is 0 Å². The number of imidazole rings is 1. The van der Waals surface area contributed by atoms with Gasteiger partial charge < -0.3 is 14.6 Å². The maximum atomic E-state index is 6.52. The molecule has 0 amide bonds. The summed E-state index contributed by atoms with van der Waals surface area (Å²) < 4.78 is 8.05. The molecule has 3 heterocycles. The number of pyridine rings is 1. The van der Waals surface area contributed by atoms with E-state index < -0.39 is 0 Å². The molecule has 0 radical (unpaired) electrons. The number of rotatable bonds is 4. The lowest BCUT2D eigenvalue weighted by Crippen LogP contribution is -2.45. The SMILES string of the molecule is COC(C1=Cc2cccnc2[C@@H](N2CCNCC2)c2ccc(Cl)cc21)c1cncn1C. The minimum Gasteiger partial charge on any atom is -0.370 e. The summed E-state index contributed by atoms with van der Waals surface area (Å²) in [6.07, 6.45) is 7.48. The zero-order chi connectivity index (χ0) is 21.4. The molecule has 160 valence electrons. The molecule has 1 fully saturated rings. The Morgan fingerprint density at radius 3 is 2.81 bits per heavy atom. The van der Waals surface area contributed by atoms with E-state index in [-0.39, 0.29) is 12.1 Å². The van der Waals surface area contributed by atoms with Gasteiger partial charge in [-0.05, 0) is 46.5 Å². The highest BCUT2D eigenvalue weighted by Gasteiger charge is 2.34. The molecule has 2 aromatic heterocycles. The second kappa shape index (κ2) is 8.55. The molecule has 5 rings (SSSR count). The second-order valence-corrected chi connectivity index (χ2v) is 8.48. The highest BCUT2D eigenvalue weighted by molar-refractivity contribution is 6.30. The summed E-state index contributed by atoms with van der Waals surface area (Å²) in [6, 6.07) is 10.4. The number of halogens is 1. The molecular weight excluding hydrogens is 410 g/mol. The van der Waals surface area contributed by atoms with Gasteiger partial charge in [0, 0.05) is 51.6 Å². The zero-order valence-corrected chi connectivity index (χ0v) is 18.5. The van der Waals surface area contributed by atoms with Crippen LogP contribution in [0.15, 0.2) is 49.1 Å². The van der Waals surface area contributed by atoms with Crippen LogP contribution in [-0.4, -0.2) is 52.7 Å². The molecule has 6 nitrogen and oxygen atoms in total. The smallest absolute Gasteiger partial charge is 0.124 e. The van der Waals surface area contributed by atoms with Gasteiger partial charge in [0.1, 0.15) is 6.10 Å². The average Bonchev–Trinajstić information content (AvgIpc) is 3.16. The van der Waals surface area contributed by atoms with Crippen LogP contribution < -0.4 is 5.32 Å². The van der Waals surface area contributed by atoms with Crippen LogP contribution in [0.1, 0.15) is 40.2 Å². The Morgan fingerprint density at radius 2 is 2.06 bits per heavy atom. The van der Waals surface area contributed by atoms with Gasteiger partial charge in [-0.1, -0.05) is 23.7 Å². The third-order valence-corrected chi connectivity index (χ3v) is 6.45. The highest BCUT2D eigenvalue weighted by Crippen LogP contribution is 2.44. The van der Waals surface area contributed by atoms with Crippen molar-refractivity contribution in [3.05, 3.63) is 82.2 Å². The van der Waals surface area contributed by atoms with Crippen LogP contribution in [0.3, 0.4) is 0 Å². The molecule has 0 saturated carbocycles. The van der Waals surface area contributed by atoms with Gasteiger partial charge in [0.2, 0.25) is 0 Å². The van der Waals surface area contributed by atoms with Crippen LogP contribution in [0.5, 0.6) is 0 Å². The molecule has 1 aliphatic carbocycles. The van der Waals surface area contributed by atoms with Crippen LogP contribution in [0.4, 0.5) is 0 Å². The number of piperazine rings is 1. The van der Waals surface area contributed by atoms with Crippen molar-refractivity contribution < 1.29 is 4.74 Å². The van der Waals surface area contributed by atoms with Gasteiger partial charge in [0.25, 0.3) is 0 Å². The van der Waals surface area contributed by atoms with E-state index in [4.69, 9.17) is 21.3 Å². The molecule has 2 aliphatic rings. The van der Waals surface area contributed by atoms with Gasteiger partial charge >= 0.3 is 0 Å². The summed E-state index contributed by atoms with van der Waals surface area (Å²) in [5.41, 5.74) is 6.54. The number of aryl methyl sites for hydroxylation is 1. The summed E-state index contributed by atoms with van der Waals surface area (Å²) in [6.45, 7) is 3.87. The standard InChI is InChI=1S/C24H26ClN5O/c1-29-15-27-14-21(29)24(31-2)20-12-16-4-3-7-28-22(16)23(30-10-8-26-9-11-30)18-6-5-17(25)13-19(18)20/h3-7,12-15,23-24,26H,8-11H2,1-2H3/t23-,24?/m0/s1. The van der Waals surface area contributed by atoms with Crippen LogP contribution in [0.2, 0.25) is 5.02 Å². The number of methoxy groups -OCH3 is 1. The van der Waals surface area contributed by atoms with E-state index in [1.165, 1.54) is 5.56 Å². The maximum Gasteiger partial charge on any atom is 0.124 e. The van der Waals surface area contributed by atoms with Crippen molar-refractivity contribution in [2.45, 2.75) is 12.1 Å². The van der Waals surface area contributed by atoms with E-state index in [0.717, 1.165) is 54.3 Å². The topological polar surface area (TPSA) is 55.2 Å². The Labute approximate surface area is 187 Å². The van der Waals surface area contributed by atoms with Crippen LogP contribution >= 0.6 is 11.6 Å². The molecule has 2 atom stereocenters. The summed E-state index contributed by atoms with van der Waals surface area (Å²) in [7, 11) is 3.73. The first-order chi connectivity index (χ1) is 15.2. The number of hydrogen-bond acceptors (Lipinski definition) is 5. The van der Waals surface area contributed by atoms with Gasteiger partial charge in [-0.15, -0.1) is 0 Å². The van der Waals surface area contributed by atoms with Crippen molar-refractivity contribution in [1.82, 2.24) is 24.8 Å². The number of hydrogen-bond donors (Lipinski definition) is 1. The first-order valence-corrected chi connectivity index (χ1v) is 10.9. The van der Waals surface area contributed by atoms with Crippen LogP contribution in [0, 0.1) is 0 Å². The predicted octanol–water partition coefficient (Wildman–Crippen LogP) is 3.70. The van der Waals surface area contributed by atoms with Gasteiger partial charge in [0.05, 0.1) is 30.0 Å². The number of fused-ring (bicyclic) bond motifs is 2. The predicted molar refractivity (Wildman–Crippen MR) is 123 cm³/mol. The number of nitrogens with one attached hydrogen (secondary N) is 1. The molecule has 1 aromatic carbocycles. The summed E-state index contributed by atoms with van der Waals surface area (Å²) in [5, 5.41) is 4.17. The number of nitrogens with zero attached hydrogens (tertiary/aromatic N) is 4. The number of benzene rings is 1. The second-order valence-electron chi connectivity index (χ2n) is 8.04. The monoisotopic (exact) mass is 435 g/mol. The molecule has 1 aliphatic heterocycles. The molecule has 7 heteroatoms. The first kappa shape index (κ1) is 20.4. The van der Waals surface area contributed by atoms with Crippen molar-refractivity contribution in [1.29, 1.82) is 0 Å². The fourth-order valence-corrected chi connectivity index (χ4v) is 4.92. The van der Waals surface area contributed by atoms with Crippen molar-refractivity contribution >= 4 is 23.3 Å². The lowest BCUT2D eigenvalue weighted by molar-refractivity contribution is 0.144. The van der Waals surface area contributed by atoms with Gasteiger partial charge in [0.15, 0.2) is 0 Å². The third-order valence-electron chi connectivity index (χ3n) is 6.22. The third kappa shape index (κ3) is 3.70. The Hall–Kier alpha value is -2.51. The number of aromatic nitrogens is 3. The zero-order valence-electron chi connectivity index (χ0n) is 17.8. The highest BCUT2D eigenvalue weighted by atomic mass is 35.5. The fraction of sp³-hybridized carbons (Fsp3) is 0.333. The maximum absolute atomic E-state index is 6.52. The Morgan fingerprint density at radius 1 is 1.23 bits per heavy atom. The van der Waals surface area contributed by atoms with E-state index in [0.29, 0.717) is 5.02 Å². The largest absolute Gasteiger partial charge is 0.370 e. The Bertz CT molecular complexity index is 1120. The van der Waals surface area contributed by atoms with E-state index in [9.17, 15) is 0 Å². The molecule has 1 unspecified atom stereocenters. The average molecular weight is 436 g/mol. The molecular formula is C24H26ClN5O. The van der Waals surface area contributed by atoms with Gasteiger partial charge in [-0.25, -0.2) is 4.98 Å². The quantitative estimate of drug-likeness (QED) is 0.677. The lowest BCUT2D eigenvalue weighted by Gasteiger charge is -2.36. The number of ether oxygens (including phenoxy) is 1. The van der Waals surface area contributed by atoms with Crippen molar-refractivity contribution in [2.24, 2.45) is 7.05 Å².